The van der Waals surface area contributed by atoms with Crippen LogP contribution in [-0.2, 0) is 6.42 Å². The summed E-state index contributed by atoms with van der Waals surface area (Å²) in [6.45, 7) is 2.13. The summed E-state index contributed by atoms with van der Waals surface area (Å²) in [5.74, 6) is 0. The highest BCUT2D eigenvalue weighted by Crippen LogP contribution is 2.28. The molecule has 0 fully saturated rings. The monoisotopic (exact) mass is 237 g/mol. The molecule has 0 bridgehead atoms. The van der Waals surface area contributed by atoms with Crippen LogP contribution in [0.15, 0.2) is 36.4 Å². The SMILES string of the molecule is CCc1ccc2cc3c(N)ccc(N)c3nc2c1. The summed E-state index contributed by atoms with van der Waals surface area (Å²) in [7, 11) is 0. The van der Waals surface area contributed by atoms with Gasteiger partial charge in [-0.3, -0.25) is 0 Å². The zero-order valence-corrected chi connectivity index (χ0v) is 10.3. The summed E-state index contributed by atoms with van der Waals surface area (Å²) in [5.41, 5.74) is 16.4. The molecule has 2 aromatic carbocycles. The molecule has 3 rings (SSSR count). The maximum atomic E-state index is 5.98. The average molecular weight is 237 g/mol. The Morgan fingerprint density at radius 1 is 1.00 bits per heavy atom. The van der Waals surface area contributed by atoms with Crippen LogP contribution >= 0.6 is 0 Å². The first-order valence-corrected chi connectivity index (χ1v) is 6.06. The summed E-state index contributed by atoms with van der Waals surface area (Å²) >= 11 is 0. The Bertz CT molecular complexity index is 747. The molecule has 1 heterocycles. The zero-order valence-electron chi connectivity index (χ0n) is 10.3. The van der Waals surface area contributed by atoms with Crippen molar-refractivity contribution in [2.24, 2.45) is 0 Å². The topological polar surface area (TPSA) is 64.9 Å². The summed E-state index contributed by atoms with van der Waals surface area (Å²) < 4.78 is 0. The van der Waals surface area contributed by atoms with Crippen LogP contribution in [0.25, 0.3) is 21.8 Å². The lowest BCUT2D eigenvalue weighted by atomic mass is 10.1. The molecule has 0 unspecified atom stereocenters. The average Bonchev–Trinajstić information content (AvgIpc) is 2.41. The molecule has 3 heteroatoms. The molecule has 18 heavy (non-hydrogen) atoms. The van der Waals surface area contributed by atoms with Gasteiger partial charge in [-0.05, 0) is 36.2 Å². The fourth-order valence-corrected chi connectivity index (χ4v) is 2.22. The molecule has 0 spiro atoms. The standard InChI is InChI=1S/C15H15N3/c1-2-9-3-4-10-8-11-12(16)5-6-13(17)15(11)18-14(10)7-9/h3-8H,2,16-17H2,1H3. The minimum atomic E-state index is 0.669. The van der Waals surface area contributed by atoms with Gasteiger partial charge in [0.1, 0.15) is 0 Å². The second-order valence-electron chi connectivity index (χ2n) is 4.51. The lowest BCUT2D eigenvalue weighted by Gasteiger charge is -2.07. The van der Waals surface area contributed by atoms with Crippen LogP contribution in [-0.4, -0.2) is 4.98 Å². The number of pyridine rings is 1. The van der Waals surface area contributed by atoms with E-state index < -0.39 is 0 Å². The van der Waals surface area contributed by atoms with Gasteiger partial charge in [0, 0.05) is 16.5 Å². The summed E-state index contributed by atoms with van der Waals surface area (Å²) in [4.78, 5) is 4.64. The molecule has 3 nitrogen and oxygen atoms in total. The van der Waals surface area contributed by atoms with E-state index in [1.54, 1.807) is 6.07 Å². The largest absolute Gasteiger partial charge is 0.398 e. The van der Waals surface area contributed by atoms with Crippen LogP contribution in [0.4, 0.5) is 11.4 Å². The van der Waals surface area contributed by atoms with Gasteiger partial charge in [0.2, 0.25) is 0 Å². The highest BCUT2D eigenvalue weighted by Gasteiger charge is 2.06. The number of aromatic nitrogens is 1. The van der Waals surface area contributed by atoms with Gasteiger partial charge in [-0.1, -0.05) is 19.1 Å². The Hall–Kier alpha value is -2.29. The fourth-order valence-electron chi connectivity index (χ4n) is 2.22. The summed E-state index contributed by atoms with van der Waals surface area (Å²) in [6.07, 6.45) is 1.00. The van der Waals surface area contributed by atoms with Crippen molar-refractivity contribution in [3.8, 4) is 0 Å². The van der Waals surface area contributed by atoms with E-state index in [0.717, 1.165) is 28.2 Å². The van der Waals surface area contributed by atoms with Gasteiger partial charge in [-0.2, -0.15) is 0 Å². The highest BCUT2D eigenvalue weighted by molar-refractivity contribution is 6.03. The van der Waals surface area contributed by atoms with Gasteiger partial charge in [0.25, 0.3) is 0 Å². The number of anilines is 2. The van der Waals surface area contributed by atoms with Crippen molar-refractivity contribution in [3.05, 3.63) is 42.0 Å². The van der Waals surface area contributed by atoms with Crippen molar-refractivity contribution < 1.29 is 0 Å². The van der Waals surface area contributed by atoms with E-state index in [0.29, 0.717) is 11.4 Å². The third kappa shape index (κ3) is 1.56. The number of hydrogen-bond donors (Lipinski definition) is 2. The third-order valence-corrected chi connectivity index (χ3v) is 3.32. The molecule has 4 N–H and O–H groups in total. The first-order chi connectivity index (χ1) is 8.69. The van der Waals surface area contributed by atoms with E-state index in [2.05, 4.69) is 36.2 Å². The molecule has 0 aliphatic rings. The van der Waals surface area contributed by atoms with Crippen LogP contribution in [0.2, 0.25) is 0 Å². The highest BCUT2D eigenvalue weighted by atomic mass is 14.7. The Morgan fingerprint density at radius 2 is 1.78 bits per heavy atom. The molecule has 90 valence electrons. The molecule has 0 aliphatic heterocycles. The molecular formula is C15H15N3. The normalized spacial score (nSPS) is 11.2. The zero-order chi connectivity index (χ0) is 12.7. The third-order valence-electron chi connectivity index (χ3n) is 3.32. The molecule has 3 aromatic rings. The minimum absolute atomic E-state index is 0.669. The number of nitrogens with zero attached hydrogens (tertiary/aromatic N) is 1. The number of fused-ring (bicyclic) bond motifs is 2. The van der Waals surface area contributed by atoms with Crippen molar-refractivity contribution >= 4 is 33.2 Å². The number of aryl methyl sites for hydroxylation is 1. The van der Waals surface area contributed by atoms with E-state index >= 15 is 0 Å². The predicted octanol–water partition coefficient (Wildman–Crippen LogP) is 3.11. The lowest BCUT2D eigenvalue weighted by Crippen LogP contribution is -1.95. The molecule has 0 saturated heterocycles. The Kier molecular flexibility index (Phi) is 2.33. The quantitative estimate of drug-likeness (QED) is 0.505. The maximum absolute atomic E-state index is 5.98. The second-order valence-corrected chi connectivity index (χ2v) is 4.51. The maximum Gasteiger partial charge on any atom is 0.0959 e. The van der Waals surface area contributed by atoms with E-state index in [9.17, 15) is 0 Å². The second kappa shape index (κ2) is 3.88. The van der Waals surface area contributed by atoms with Crippen molar-refractivity contribution in [3.63, 3.8) is 0 Å². The minimum Gasteiger partial charge on any atom is -0.398 e. The molecule has 0 aliphatic carbocycles. The number of benzene rings is 2. The molecular weight excluding hydrogens is 222 g/mol. The van der Waals surface area contributed by atoms with Crippen LogP contribution in [0.3, 0.4) is 0 Å². The number of rotatable bonds is 1. The van der Waals surface area contributed by atoms with Crippen LogP contribution < -0.4 is 11.5 Å². The van der Waals surface area contributed by atoms with Crippen LogP contribution in [0.5, 0.6) is 0 Å². The van der Waals surface area contributed by atoms with Crippen molar-refractivity contribution in [2.75, 3.05) is 11.5 Å². The van der Waals surface area contributed by atoms with Gasteiger partial charge >= 0.3 is 0 Å². The van der Waals surface area contributed by atoms with Crippen LogP contribution in [0, 0.1) is 0 Å². The van der Waals surface area contributed by atoms with Crippen molar-refractivity contribution in [1.82, 2.24) is 4.98 Å². The molecule has 0 saturated carbocycles. The van der Waals surface area contributed by atoms with E-state index in [4.69, 9.17) is 11.5 Å². The molecule has 0 amide bonds. The molecule has 1 aromatic heterocycles. The van der Waals surface area contributed by atoms with E-state index in [1.807, 2.05) is 6.07 Å². The molecule has 0 radical (unpaired) electrons. The van der Waals surface area contributed by atoms with Gasteiger partial charge in [0.15, 0.2) is 0 Å². The Labute approximate surface area is 105 Å². The first kappa shape index (κ1) is 10.8. The van der Waals surface area contributed by atoms with Gasteiger partial charge in [-0.25, -0.2) is 4.98 Å². The smallest absolute Gasteiger partial charge is 0.0959 e. The predicted molar refractivity (Wildman–Crippen MR) is 77.5 cm³/mol. The Morgan fingerprint density at radius 3 is 2.56 bits per heavy atom. The number of nitrogen functional groups attached to an aromatic ring is 2. The number of nitrogens with two attached hydrogens (primary N) is 2. The Balaban J connectivity index is 2.43. The fraction of sp³-hybridized carbons (Fsp3) is 0.133. The first-order valence-electron chi connectivity index (χ1n) is 6.06. The van der Waals surface area contributed by atoms with Crippen molar-refractivity contribution in [1.29, 1.82) is 0 Å². The summed E-state index contributed by atoms with van der Waals surface area (Å²) in [5, 5.41) is 2.02. The van der Waals surface area contributed by atoms with Gasteiger partial charge < -0.3 is 11.5 Å². The van der Waals surface area contributed by atoms with Gasteiger partial charge in [-0.15, -0.1) is 0 Å². The van der Waals surface area contributed by atoms with E-state index in [-0.39, 0.29) is 0 Å². The van der Waals surface area contributed by atoms with Gasteiger partial charge in [0.05, 0.1) is 16.7 Å². The summed E-state index contributed by atoms with van der Waals surface area (Å²) in [6, 6.07) is 12.0. The van der Waals surface area contributed by atoms with Crippen molar-refractivity contribution in [2.45, 2.75) is 13.3 Å². The number of hydrogen-bond acceptors (Lipinski definition) is 3. The molecule has 0 atom stereocenters. The lowest BCUT2D eigenvalue weighted by molar-refractivity contribution is 1.14. The van der Waals surface area contributed by atoms with Crippen LogP contribution in [0.1, 0.15) is 12.5 Å². The van der Waals surface area contributed by atoms with E-state index in [1.165, 1.54) is 5.56 Å².